The van der Waals surface area contributed by atoms with E-state index in [4.69, 9.17) is 0 Å². The van der Waals surface area contributed by atoms with Crippen molar-refractivity contribution in [3.8, 4) is 0 Å². The van der Waals surface area contributed by atoms with Crippen molar-refractivity contribution in [2.45, 2.75) is 13.8 Å². The Hall–Kier alpha value is -3.35. The number of aryl methyl sites for hydroxylation is 2. The Labute approximate surface area is 149 Å². The minimum Gasteiger partial charge on any atom is -0.336 e. The Morgan fingerprint density at radius 1 is 0.923 bits per heavy atom. The zero-order chi connectivity index (χ0) is 18.7. The highest BCUT2D eigenvalue weighted by Crippen LogP contribution is 2.19. The van der Waals surface area contributed by atoms with Gasteiger partial charge in [0.15, 0.2) is 11.5 Å². The van der Waals surface area contributed by atoms with E-state index in [1.54, 1.807) is 6.07 Å². The molecular weight excluding hydrogens is 338 g/mol. The van der Waals surface area contributed by atoms with Crippen LogP contribution in [0.25, 0.3) is 0 Å². The highest BCUT2D eigenvalue weighted by atomic mass is 19.1. The van der Waals surface area contributed by atoms with E-state index in [9.17, 15) is 13.6 Å². The molecule has 0 saturated heterocycles. The Bertz CT molecular complexity index is 958. The number of nitrogens with zero attached hydrogens (tertiary/aromatic N) is 2. The summed E-state index contributed by atoms with van der Waals surface area (Å²) in [6.07, 6.45) is 0. The number of nitrogens with one attached hydrogen (secondary N) is 2. The number of halogens is 2. The summed E-state index contributed by atoms with van der Waals surface area (Å²) in [4.78, 5) is 12.2. The summed E-state index contributed by atoms with van der Waals surface area (Å²) in [5.74, 6) is -1.58. The summed E-state index contributed by atoms with van der Waals surface area (Å²) in [6, 6.07) is 11.7. The average molecular weight is 354 g/mol. The molecule has 0 bridgehead atoms. The van der Waals surface area contributed by atoms with E-state index in [0.29, 0.717) is 5.69 Å². The number of hydrogen-bond donors (Lipinski definition) is 2. The normalized spacial score (nSPS) is 10.5. The van der Waals surface area contributed by atoms with Gasteiger partial charge in [0.25, 0.3) is 5.91 Å². The molecule has 26 heavy (non-hydrogen) atoms. The van der Waals surface area contributed by atoms with Crippen LogP contribution < -0.4 is 10.6 Å². The lowest BCUT2D eigenvalue weighted by atomic mass is 10.1. The third-order valence-electron chi connectivity index (χ3n) is 3.86. The Kier molecular flexibility index (Phi) is 4.88. The van der Waals surface area contributed by atoms with E-state index in [-0.39, 0.29) is 17.2 Å². The largest absolute Gasteiger partial charge is 0.336 e. The van der Waals surface area contributed by atoms with Crippen LogP contribution in [0.5, 0.6) is 0 Å². The van der Waals surface area contributed by atoms with E-state index < -0.39 is 17.5 Å². The molecule has 1 heterocycles. The van der Waals surface area contributed by atoms with Crippen LogP contribution in [-0.4, -0.2) is 16.1 Å². The van der Waals surface area contributed by atoms with E-state index in [1.807, 2.05) is 26.0 Å². The number of hydrogen-bond acceptors (Lipinski definition) is 4. The smallest absolute Gasteiger partial charge is 0.276 e. The number of amides is 1. The van der Waals surface area contributed by atoms with Crippen LogP contribution in [0.1, 0.15) is 21.6 Å². The van der Waals surface area contributed by atoms with Crippen molar-refractivity contribution in [1.29, 1.82) is 0 Å². The van der Waals surface area contributed by atoms with Crippen molar-refractivity contribution in [3.63, 3.8) is 0 Å². The van der Waals surface area contributed by atoms with E-state index >= 15 is 0 Å². The van der Waals surface area contributed by atoms with E-state index in [2.05, 4.69) is 20.8 Å². The van der Waals surface area contributed by atoms with Gasteiger partial charge < -0.3 is 10.6 Å². The summed E-state index contributed by atoms with van der Waals surface area (Å²) in [5, 5.41) is 13.1. The van der Waals surface area contributed by atoms with Crippen molar-refractivity contribution < 1.29 is 13.6 Å². The van der Waals surface area contributed by atoms with Gasteiger partial charge >= 0.3 is 0 Å². The van der Waals surface area contributed by atoms with Crippen LogP contribution >= 0.6 is 0 Å². The lowest BCUT2D eigenvalue weighted by molar-refractivity contribution is 0.102. The maximum Gasteiger partial charge on any atom is 0.276 e. The molecule has 7 heteroatoms. The minimum absolute atomic E-state index is 0.0630. The van der Waals surface area contributed by atoms with Crippen molar-refractivity contribution >= 4 is 23.1 Å². The molecule has 0 aliphatic rings. The van der Waals surface area contributed by atoms with Gasteiger partial charge in [-0.15, -0.1) is 10.2 Å². The monoisotopic (exact) mass is 354 g/mol. The molecule has 3 aromatic rings. The molecule has 0 fully saturated rings. The van der Waals surface area contributed by atoms with E-state index in [1.165, 1.54) is 18.2 Å². The molecule has 0 atom stereocenters. The number of aromatic nitrogens is 2. The van der Waals surface area contributed by atoms with Gasteiger partial charge in [0.1, 0.15) is 11.6 Å². The Morgan fingerprint density at radius 3 is 2.38 bits per heavy atom. The fourth-order valence-electron chi connectivity index (χ4n) is 2.26. The van der Waals surface area contributed by atoms with E-state index in [0.717, 1.165) is 23.3 Å². The first-order valence-electron chi connectivity index (χ1n) is 7.87. The van der Waals surface area contributed by atoms with Gasteiger partial charge in [0.2, 0.25) is 0 Å². The lowest BCUT2D eigenvalue weighted by Crippen LogP contribution is -2.14. The van der Waals surface area contributed by atoms with Gasteiger partial charge in [-0.25, -0.2) is 8.78 Å². The first-order chi connectivity index (χ1) is 12.4. The molecule has 0 radical (unpaired) electrons. The lowest BCUT2D eigenvalue weighted by Gasteiger charge is -2.08. The molecule has 132 valence electrons. The summed E-state index contributed by atoms with van der Waals surface area (Å²) >= 11 is 0. The maximum atomic E-state index is 13.6. The Balaban J connectivity index is 1.70. The van der Waals surface area contributed by atoms with Crippen LogP contribution in [0.4, 0.5) is 26.0 Å². The molecular formula is C19H16F2N4O. The molecule has 2 N–H and O–H groups in total. The van der Waals surface area contributed by atoms with Crippen LogP contribution in [0.3, 0.4) is 0 Å². The molecule has 0 unspecified atom stereocenters. The number of benzene rings is 2. The van der Waals surface area contributed by atoms with Crippen molar-refractivity contribution in [2.24, 2.45) is 0 Å². The summed E-state index contributed by atoms with van der Waals surface area (Å²) in [5.41, 5.74) is 3.04. The molecule has 5 nitrogen and oxygen atoms in total. The van der Waals surface area contributed by atoms with Crippen molar-refractivity contribution in [1.82, 2.24) is 10.2 Å². The number of rotatable bonds is 4. The molecule has 1 aromatic heterocycles. The second-order valence-corrected chi connectivity index (χ2v) is 5.81. The van der Waals surface area contributed by atoms with Gasteiger partial charge in [0, 0.05) is 11.8 Å². The fourth-order valence-corrected chi connectivity index (χ4v) is 2.26. The molecule has 0 aliphatic carbocycles. The second-order valence-electron chi connectivity index (χ2n) is 5.81. The second kappa shape index (κ2) is 7.26. The van der Waals surface area contributed by atoms with Gasteiger partial charge in [-0.2, -0.15) is 0 Å². The molecule has 1 amide bonds. The number of carbonyl (C=O) groups excluding carboxylic acids is 1. The zero-order valence-electron chi connectivity index (χ0n) is 14.2. The van der Waals surface area contributed by atoms with Crippen LogP contribution in [0.2, 0.25) is 0 Å². The highest BCUT2D eigenvalue weighted by Gasteiger charge is 2.10. The fraction of sp³-hybridized carbons (Fsp3) is 0.105. The average Bonchev–Trinajstić information content (AvgIpc) is 2.61. The molecule has 0 saturated carbocycles. The third-order valence-corrected chi connectivity index (χ3v) is 3.86. The molecule has 0 aliphatic heterocycles. The van der Waals surface area contributed by atoms with Crippen molar-refractivity contribution in [2.75, 3.05) is 10.6 Å². The minimum atomic E-state index is -0.747. The summed E-state index contributed by atoms with van der Waals surface area (Å²) in [7, 11) is 0. The molecule has 0 spiro atoms. The van der Waals surface area contributed by atoms with Crippen LogP contribution in [-0.2, 0) is 0 Å². The first kappa shape index (κ1) is 17.5. The van der Waals surface area contributed by atoms with Gasteiger partial charge in [-0.3, -0.25) is 4.79 Å². The summed E-state index contributed by atoms with van der Waals surface area (Å²) in [6.45, 7) is 3.95. The predicted octanol–water partition coefficient (Wildman–Crippen LogP) is 4.37. The topological polar surface area (TPSA) is 66.9 Å². The van der Waals surface area contributed by atoms with Gasteiger partial charge in [0.05, 0.1) is 5.69 Å². The standard InChI is InChI=1S/C19H16F2N4O/c1-11-3-5-14(9-12(11)2)22-19(26)17-7-8-18(25-24-17)23-16-6-4-13(20)10-15(16)21/h3-10H,1-2H3,(H,22,26)(H,23,25). The molecule has 3 rings (SSSR count). The zero-order valence-corrected chi connectivity index (χ0v) is 14.2. The van der Waals surface area contributed by atoms with Gasteiger partial charge in [-0.1, -0.05) is 6.07 Å². The SMILES string of the molecule is Cc1ccc(NC(=O)c2ccc(Nc3ccc(F)cc3F)nn2)cc1C. The highest BCUT2D eigenvalue weighted by molar-refractivity contribution is 6.02. The Morgan fingerprint density at radius 2 is 1.73 bits per heavy atom. The maximum absolute atomic E-state index is 13.6. The van der Waals surface area contributed by atoms with Gasteiger partial charge in [-0.05, 0) is 61.4 Å². The van der Waals surface area contributed by atoms with Crippen LogP contribution in [0.15, 0.2) is 48.5 Å². The van der Waals surface area contributed by atoms with Crippen molar-refractivity contribution in [3.05, 3.63) is 77.0 Å². The molecule has 2 aromatic carbocycles. The predicted molar refractivity (Wildman–Crippen MR) is 95.5 cm³/mol. The third kappa shape index (κ3) is 4.00. The number of anilines is 3. The van der Waals surface area contributed by atoms with Crippen LogP contribution in [0, 0.1) is 25.5 Å². The summed E-state index contributed by atoms with van der Waals surface area (Å²) < 4.78 is 26.5. The first-order valence-corrected chi connectivity index (χ1v) is 7.87. The number of carbonyl (C=O) groups is 1. The quantitative estimate of drug-likeness (QED) is 0.730.